The summed E-state index contributed by atoms with van der Waals surface area (Å²) in [7, 11) is 0. The van der Waals surface area contributed by atoms with Crippen molar-refractivity contribution in [2.24, 2.45) is 0 Å². The lowest BCUT2D eigenvalue weighted by molar-refractivity contribution is -0.127. The van der Waals surface area contributed by atoms with Gasteiger partial charge >= 0.3 is 5.97 Å². The highest BCUT2D eigenvalue weighted by Gasteiger charge is 2.13. The molecule has 3 aromatic rings. The lowest BCUT2D eigenvalue weighted by Crippen LogP contribution is -2.07. The van der Waals surface area contributed by atoms with E-state index in [-0.39, 0.29) is 16.8 Å². The van der Waals surface area contributed by atoms with Crippen LogP contribution in [0.5, 0.6) is 5.75 Å². The molecule has 4 nitrogen and oxygen atoms in total. The minimum absolute atomic E-state index is 0.161. The summed E-state index contributed by atoms with van der Waals surface area (Å²) in [6.45, 7) is 1.54. The molecule has 0 aliphatic rings. The second-order valence-corrected chi connectivity index (χ2v) is 4.32. The first kappa shape index (κ1) is 12.9. The minimum Gasteiger partial charge on any atom is -0.452 e. The second kappa shape index (κ2) is 5.14. The monoisotopic (exact) mass is 278 g/mol. The molecule has 3 rings (SSSR count). The van der Waals surface area contributed by atoms with Gasteiger partial charge in [-0.15, -0.1) is 0 Å². The Morgan fingerprint density at radius 3 is 2.67 bits per heavy atom. The summed E-state index contributed by atoms with van der Waals surface area (Å²) in [4.78, 5) is 23.9. The first-order valence-corrected chi connectivity index (χ1v) is 6.30. The smallest absolute Gasteiger partial charge is 0.389 e. The van der Waals surface area contributed by atoms with Crippen molar-refractivity contribution in [3.8, 4) is 17.6 Å². The zero-order valence-corrected chi connectivity index (χ0v) is 11.2. The van der Waals surface area contributed by atoms with Crippen LogP contribution in [0.25, 0.3) is 21.9 Å². The Kier molecular flexibility index (Phi) is 3.17. The summed E-state index contributed by atoms with van der Waals surface area (Å²) in [5.41, 5.74) is 0.527. The molecular weight excluding hydrogens is 268 g/mol. The van der Waals surface area contributed by atoms with Gasteiger partial charge in [-0.2, -0.15) is 0 Å². The largest absolute Gasteiger partial charge is 0.452 e. The van der Waals surface area contributed by atoms with Crippen molar-refractivity contribution in [1.82, 2.24) is 0 Å². The van der Waals surface area contributed by atoms with Gasteiger partial charge in [0.1, 0.15) is 5.58 Å². The van der Waals surface area contributed by atoms with Gasteiger partial charge < -0.3 is 9.15 Å². The lowest BCUT2D eigenvalue weighted by Gasteiger charge is -2.05. The fourth-order valence-corrected chi connectivity index (χ4v) is 2.11. The van der Waals surface area contributed by atoms with Crippen LogP contribution >= 0.6 is 0 Å². The van der Waals surface area contributed by atoms with E-state index in [0.717, 1.165) is 0 Å². The highest BCUT2D eigenvalue weighted by atomic mass is 16.5. The standard InChI is InChI=1S/C17H10O4/c1-2-6-15(18)20-14-10-5-8-12-16(19)11-7-3-4-9-13(11)21-17(12)14/h3-5,7-10H,1H3. The average Bonchev–Trinajstić information content (AvgIpc) is 2.49. The molecule has 102 valence electrons. The number of esters is 1. The van der Waals surface area contributed by atoms with Gasteiger partial charge in [0.25, 0.3) is 0 Å². The van der Waals surface area contributed by atoms with E-state index in [4.69, 9.17) is 9.15 Å². The number of hydrogen-bond acceptors (Lipinski definition) is 4. The normalized spacial score (nSPS) is 10.1. The predicted octanol–water partition coefficient (Wildman–Crippen LogP) is 2.87. The van der Waals surface area contributed by atoms with E-state index >= 15 is 0 Å². The van der Waals surface area contributed by atoms with Crippen LogP contribution in [-0.4, -0.2) is 5.97 Å². The van der Waals surface area contributed by atoms with Crippen LogP contribution in [0.4, 0.5) is 0 Å². The molecule has 0 unspecified atom stereocenters. The van der Waals surface area contributed by atoms with Crippen molar-refractivity contribution in [3.05, 3.63) is 52.7 Å². The van der Waals surface area contributed by atoms with Gasteiger partial charge in [-0.05, 0) is 31.2 Å². The number of rotatable bonds is 1. The van der Waals surface area contributed by atoms with Crippen molar-refractivity contribution < 1.29 is 13.9 Å². The number of hydrogen-bond donors (Lipinski definition) is 0. The van der Waals surface area contributed by atoms with Gasteiger partial charge in [-0.25, -0.2) is 4.79 Å². The number of carbonyl (C=O) groups excluding carboxylic acids is 1. The average molecular weight is 278 g/mol. The van der Waals surface area contributed by atoms with Gasteiger partial charge in [0.05, 0.1) is 10.8 Å². The third-order valence-corrected chi connectivity index (χ3v) is 3.00. The van der Waals surface area contributed by atoms with Crippen LogP contribution < -0.4 is 10.2 Å². The Labute approximate surface area is 119 Å². The van der Waals surface area contributed by atoms with Gasteiger partial charge in [0.15, 0.2) is 11.3 Å². The van der Waals surface area contributed by atoms with Gasteiger partial charge in [0, 0.05) is 5.92 Å². The van der Waals surface area contributed by atoms with Crippen LogP contribution in [-0.2, 0) is 4.79 Å². The molecule has 1 heterocycles. The maximum Gasteiger partial charge on any atom is 0.389 e. The first-order chi connectivity index (χ1) is 10.2. The summed E-state index contributed by atoms with van der Waals surface area (Å²) < 4.78 is 10.8. The van der Waals surface area contributed by atoms with Gasteiger partial charge in [-0.1, -0.05) is 24.1 Å². The van der Waals surface area contributed by atoms with E-state index in [0.29, 0.717) is 16.4 Å². The van der Waals surface area contributed by atoms with E-state index in [1.165, 1.54) is 6.92 Å². The fourth-order valence-electron chi connectivity index (χ4n) is 2.11. The zero-order chi connectivity index (χ0) is 14.8. The van der Waals surface area contributed by atoms with Crippen molar-refractivity contribution in [3.63, 3.8) is 0 Å². The minimum atomic E-state index is -0.694. The molecule has 0 N–H and O–H groups in total. The van der Waals surface area contributed by atoms with E-state index in [9.17, 15) is 9.59 Å². The van der Waals surface area contributed by atoms with Crippen LogP contribution in [0.1, 0.15) is 6.92 Å². The SMILES string of the molecule is CC#CC(=O)Oc1cccc2c(=O)c3ccccc3oc12. The van der Waals surface area contributed by atoms with Crippen molar-refractivity contribution in [2.75, 3.05) is 0 Å². The quantitative estimate of drug-likeness (QED) is 0.226. The molecule has 0 atom stereocenters. The second-order valence-electron chi connectivity index (χ2n) is 4.32. The fraction of sp³-hybridized carbons (Fsp3) is 0.0588. The summed E-state index contributed by atoms with van der Waals surface area (Å²) in [5.74, 6) is 4.23. The van der Waals surface area contributed by atoms with E-state index in [2.05, 4.69) is 11.8 Å². The van der Waals surface area contributed by atoms with E-state index in [1.807, 2.05) is 0 Å². The molecule has 1 aromatic heterocycles. The van der Waals surface area contributed by atoms with Crippen LogP contribution in [0.3, 0.4) is 0 Å². The number of ether oxygens (including phenoxy) is 1. The van der Waals surface area contributed by atoms with Crippen LogP contribution in [0.2, 0.25) is 0 Å². The molecule has 21 heavy (non-hydrogen) atoms. The third kappa shape index (κ3) is 2.26. The highest BCUT2D eigenvalue weighted by Crippen LogP contribution is 2.26. The molecule has 0 bridgehead atoms. The number of benzene rings is 2. The van der Waals surface area contributed by atoms with E-state index < -0.39 is 5.97 Å². The molecule has 0 amide bonds. The van der Waals surface area contributed by atoms with Crippen molar-refractivity contribution >= 4 is 27.9 Å². The summed E-state index contributed by atoms with van der Waals surface area (Å²) in [6, 6.07) is 11.8. The number of para-hydroxylation sites is 2. The Morgan fingerprint density at radius 2 is 1.86 bits per heavy atom. The zero-order valence-electron chi connectivity index (χ0n) is 11.2. The van der Waals surface area contributed by atoms with E-state index in [1.54, 1.807) is 42.5 Å². The first-order valence-electron chi connectivity index (χ1n) is 6.30. The maximum atomic E-state index is 12.4. The molecule has 4 heteroatoms. The maximum absolute atomic E-state index is 12.4. The lowest BCUT2D eigenvalue weighted by atomic mass is 10.1. The Hall–Kier alpha value is -3.06. The summed E-state index contributed by atoms with van der Waals surface area (Å²) in [6.07, 6.45) is 0. The molecule has 0 spiro atoms. The molecule has 0 saturated carbocycles. The summed E-state index contributed by atoms with van der Waals surface area (Å²) >= 11 is 0. The number of fused-ring (bicyclic) bond motifs is 2. The van der Waals surface area contributed by atoms with Crippen molar-refractivity contribution in [1.29, 1.82) is 0 Å². The molecule has 0 fully saturated rings. The molecule has 0 aliphatic carbocycles. The van der Waals surface area contributed by atoms with Crippen LogP contribution in [0.15, 0.2) is 51.7 Å². The Balaban J connectivity index is 2.29. The third-order valence-electron chi connectivity index (χ3n) is 3.00. The topological polar surface area (TPSA) is 56.5 Å². The number of carbonyl (C=O) groups is 1. The molecule has 0 aliphatic heterocycles. The molecule has 0 saturated heterocycles. The molecule has 0 radical (unpaired) electrons. The molecular formula is C17H10O4. The Bertz CT molecular complexity index is 971. The van der Waals surface area contributed by atoms with Crippen molar-refractivity contribution in [2.45, 2.75) is 6.92 Å². The van der Waals surface area contributed by atoms with Crippen LogP contribution in [0, 0.1) is 11.8 Å². The summed E-state index contributed by atoms with van der Waals surface area (Å²) in [5, 5.41) is 0.852. The Morgan fingerprint density at radius 1 is 1.10 bits per heavy atom. The van der Waals surface area contributed by atoms with Gasteiger partial charge in [0.2, 0.25) is 5.43 Å². The molecule has 2 aromatic carbocycles. The van der Waals surface area contributed by atoms with Gasteiger partial charge in [-0.3, -0.25) is 4.79 Å². The predicted molar refractivity (Wildman–Crippen MR) is 79.1 cm³/mol. The highest BCUT2D eigenvalue weighted by molar-refractivity contribution is 5.95.